The maximum Gasteiger partial charge on any atom is 0.331 e. The van der Waals surface area contributed by atoms with Crippen LogP contribution in [0.3, 0.4) is 0 Å². The zero-order valence-electron chi connectivity index (χ0n) is 29.9. The predicted octanol–water partition coefficient (Wildman–Crippen LogP) is 6.85. The highest BCUT2D eigenvalue weighted by Gasteiger charge is 2.77. The first-order chi connectivity index (χ1) is 23.4. The molecule has 0 radical (unpaired) electrons. The monoisotopic (exact) mass is 674 g/mol. The van der Waals surface area contributed by atoms with Crippen LogP contribution < -0.4 is 0 Å². The fraction of sp³-hybridized carbons (Fsp3) is 0.714. The van der Waals surface area contributed by atoms with Crippen molar-refractivity contribution >= 4 is 11.9 Å². The molecule has 9 atom stereocenters. The summed E-state index contributed by atoms with van der Waals surface area (Å²) in [6, 6.07) is 10.5. The van der Waals surface area contributed by atoms with Crippen LogP contribution in [-0.2, 0) is 25.5 Å². The van der Waals surface area contributed by atoms with Crippen LogP contribution in [0.25, 0.3) is 0 Å². The number of rotatable bonds is 12. The van der Waals surface area contributed by atoms with Crippen molar-refractivity contribution in [2.24, 2.45) is 34.0 Å². The number of cyclic esters (lactones) is 1. The SMILES string of the molecule is C[C@H](CCCc1ccccc1)CC[C@H](O)[C@]12[C@@H]([C@H]3C[C@](C)(C#CCCC(=O)O3)[C@]1(O)CCC1=CC(=O)OC1)[C@](C)(C1CCCC1)CC[C@@H]2O. The molecule has 2 aliphatic heterocycles. The smallest absolute Gasteiger partial charge is 0.331 e. The van der Waals surface area contributed by atoms with Gasteiger partial charge in [0, 0.05) is 24.8 Å². The Bertz CT molecular complexity index is 1440. The maximum absolute atomic E-state index is 13.7. The van der Waals surface area contributed by atoms with Crippen LogP contribution >= 0.6 is 0 Å². The molecule has 0 spiro atoms. The number of ether oxygens (including phenoxy) is 2. The normalized spacial score (nSPS) is 37.3. The van der Waals surface area contributed by atoms with E-state index >= 15 is 0 Å². The molecule has 2 bridgehead atoms. The van der Waals surface area contributed by atoms with Gasteiger partial charge in [0.2, 0.25) is 0 Å². The molecule has 7 nitrogen and oxygen atoms in total. The molecule has 7 heteroatoms. The van der Waals surface area contributed by atoms with Crippen LogP contribution in [-0.4, -0.2) is 57.8 Å². The van der Waals surface area contributed by atoms with E-state index in [1.807, 2.05) is 13.0 Å². The summed E-state index contributed by atoms with van der Waals surface area (Å²) in [7, 11) is 0. The molecular weight excluding hydrogens is 616 g/mol. The summed E-state index contributed by atoms with van der Waals surface area (Å²) in [5.41, 5.74) is -2.39. The number of aliphatic hydroxyl groups is 3. The summed E-state index contributed by atoms with van der Waals surface area (Å²) in [6.45, 7) is 6.64. The van der Waals surface area contributed by atoms with Crippen molar-refractivity contribution in [3.05, 3.63) is 47.5 Å². The Morgan fingerprint density at radius 2 is 1.78 bits per heavy atom. The number of carbonyl (C=O) groups is 2. The summed E-state index contributed by atoms with van der Waals surface area (Å²) in [4.78, 5) is 25.4. The Morgan fingerprint density at radius 3 is 2.49 bits per heavy atom. The lowest BCUT2D eigenvalue weighted by molar-refractivity contribution is -0.337. The van der Waals surface area contributed by atoms with Crippen LogP contribution in [0.5, 0.6) is 0 Å². The number of fused-ring (bicyclic) bond motifs is 4. The highest BCUT2D eigenvalue weighted by molar-refractivity contribution is 5.85. The molecule has 3 saturated carbocycles. The topological polar surface area (TPSA) is 113 Å². The Labute approximate surface area is 293 Å². The van der Waals surface area contributed by atoms with Gasteiger partial charge in [0.25, 0.3) is 0 Å². The van der Waals surface area contributed by atoms with Crippen LogP contribution in [0.2, 0.25) is 0 Å². The van der Waals surface area contributed by atoms with Crippen LogP contribution in [0.15, 0.2) is 42.0 Å². The molecule has 268 valence electrons. The van der Waals surface area contributed by atoms with Crippen molar-refractivity contribution < 1.29 is 34.4 Å². The van der Waals surface area contributed by atoms with E-state index in [-0.39, 0.29) is 36.8 Å². The van der Waals surface area contributed by atoms with Crippen molar-refractivity contribution in [3.8, 4) is 11.8 Å². The van der Waals surface area contributed by atoms with E-state index < -0.39 is 40.7 Å². The predicted molar refractivity (Wildman–Crippen MR) is 188 cm³/mol. The average molecular weight is 675 g/mol. The molecular formula is C42H58O7. The fourth-order valence-electron chi connectivity index (χ4n) is 11.2. The number of hydrogen-bond acceptors (Lipinski definition) is 7. The summed E-state index contributed by atoms with van der Waals surface area (Å²) in [6.07, 6.45) is 10.0. The molecule has 0 unspecified atom stereocenters. The molecule has 3 aliphatic carbocycles. The van der Waals surface area contributed by atoms with E-state index in [4.69, 9.17) is 9.47 Å². The van der Waals surface area contributed by atoms with Crippen molar-refractivity contribution in [2.75, 3.05) is 6.61 Å². The second-order valence-corrected chi connectivity index (χ2v) is 16.7. The van der Waals surface area contributed by atoms with Gasteiger partial charge in [-0.2, -0.15) is 0 Å². The van der Waals surface area contributed by atoms with Crippen molar-refractivity contribution in [3.63, 3.8) is 0 Å². The first kappa shape index (κ1) is 36.1. The van der Waals surface area contributed by atoms with Gasteiger partial charge in [-0.15, -0.1) is 5.92 Å². The van der Waals surface area contributed by atoms with E-state index in [0.717, 1.165) is 63.4 Å². The van der Waals surface area contributed by atoms with Crippen LogP contribution in [0, 0.1) is 45.8 Å². The van der Waals surface area contributed by atoms with Crippen molar-refractivity contribution in [1.29, 1.82) is 0 Å². The Hall–Kier alpha value is -2.66. The van der Waals surface area contributed by atoms with Gasteiger partial charge in [0.1, 0.15) is 12.7 Å². The molecule has 3 N–H and O–H groups in total. The second-order valence-electron chi connectivity index (χ2n) is 16.7. The van der Waals surface area contributed by atoms with Gasteiger partial charge in [-0.25, -0.2) is 4.79 Å². The highest BCUT2D eigenvalue weighted by Crippen LogP contribution is 2.71. The van der Waals surface area contributed by atoms with E-state index in [2.05, 4.69) is 50.0 Å². The Morgan fingerprint density at radius 1 is 1.02 bits per heavy atom. The third-order valence-corrected chi connectivity index (χ3v) is 13.8. The van der Waals surface area contributed by atoms with Gasteiger partial charge < -0.3 is 24.8 Å². The Kier molecular flexibility index (Phi) is 10.7. The Balaban J connectivity index is 1.41. The van der Waals surface area contributed by atoms with Gasteiger partial charge in [0.05, 0.1) is 35.1 Å². The molecule has 0 amide bonds. The van der Waals surface area contributed by atoms with E-state index in [9.17, 15) is 24.9 Å². The lowest BCUT2D eigenvalue weighted by atomic mass is 9.35. The lowest BCUT2D eigenvalue weighted by Gasteiger charge is -2.71. The van der Waals surface area contributed by atoms with Gasteiger partial charge in [0.15, 0.2) is 0 Å². The van der Waals surface area contributed by atoms with Crippen molar-refractivity contribution in [2.45, 2.75) is 147 Å². The number of aliphatic hydroxyl groups excluding tert-OH is 2. The molecule has 3 fully saturated rings. The molecule has 0 saturated heterocycles. The van der Waals surface area contributed by atoms with Gasteiger partial charge in [-0.05, 0) is 99.5 Å². The average Bonchev–Trinajstić information content (AvgIpc) is 3.78. The standard InChI is InChI=1S/C42H58O7/c1-29(12-11-15-30-13-5-4-6-14-30)19-20-34(43)42-35(44)22-24-40(3,32-16-7-8-17-32)38(42)33-27-39(2,23-10-9-18-36(45)49-33)41(42,47)25-21-31-26-37(46)48-28-31/h4-6,13-14,26,29,32-35,38,43-44,47H,7-9,11-12,15-22,24-25,27-28H2,1-3H3/t29-,33-,34+,35+,38+,39+,40+,41-,42+/m1/s1. The number of esters is 2. The van der Waals surface area contributed by atoms with Crippen molar-refractivity contribution in [1.82, 2.24) is 0 Å². The summed E-state index contributed by atoms with van der Waals surface area (Å²) in [5.74, 6) is 6.16. The first-order valence-corrected chi connectivity index (χ1v) is 19.1. The molecule has 0 aromatic heterocycles. The number of hydrogen-bond donors (Lipinski definition) is 3. The third kappa shape index (κ3) is 6.63. The second kappa shape index (κ2) is 14.5. The largest absolute Gasteiger partial charge is 0.462 e. The lowest BCUT2D eigenvalue weighted by Crippen LogP contribution is -2.79. The van der Waals surface area contributed by atoms with E-state index in [0.29, 0.717) is 43.9 Å². The molecule has 6 rings (SSSR count). The summed E-state index contributed by atoms with van der Waals surface area (Å²) >= 11 is 0. The summed E-state index contributed by atoms with van der Waals surface area (Å²) in [5, 5.41) is 39.2. The minimum atomic E-state index is -1.65. The molecule has 1 aromatic carbocycles. The minimum Gasteiger partial charge on any atom is -0.462 e. The highest BCUT2D eigenvalue weighted by atomic mass is 16.5. The van der Waals surface area contributed by atoms with Crippen LogP contribution in [0.4, 0.5) is 0 Å². The minimum absolute atomic E-state index is 0.176. The molecule has 1 aromatic rings. The van der Waals surface area contributed by atoms with E-state index in [1.165, 1.54) is 11.6 Å². The van der Waals surface area contributed by atoms with E-state index in [1.54, 1.807) is 0 Å². The maximum atomic E-state index is 13.7. The zero-order chi connectivity index (χ0) is 34.9. The third-order valence-electron chi connectivity index (χ3n) is 13.8. The molecule has 49 heavy (non-hydrogen) atoms. The van der Waals surface area contributed by atoms with Gasteiger partial charge in [-0.3, -0.25) is 4.79 Å². The number of carbonyl (C=O) groups excluding carboxylic acids is 2. The van der Waals surface area contributed by atoms with Gasteiger partial charge >= 0.3 is 11.9 Å². The van der Waals surface area contributed by atoms with Gasteiger partial charge in [-0.1, -0.05) is 69.4 Å². The summed E-state index contributed by atoms with van der Waals surface area (Å²) < 4.78 is 11.7. The number of aryl methyl sites for hydroxylation is 1. The molecule has 2 heterocycles. The molecule has 5 aliphatic rings. The van der Waals surface area contributed by atoms with Crippen LogP contribution in [0.1, 0.15) is 123 Å². The first-order valence-electron chi connectivity index (χ1n) is 19.1. The fourth-order valence-corrected chi connectivity index (χ4v) is 11.2. The quantitative estimate of drug-likeness (QED) is 0.164. The zero-order valence-corrected chi connectivity index (χ0v) is 29.9. The number of benzene rings is 1.